The lowest BCUT2D eigenvalue weighted by Gasteiger charge is -2.11. The van der Waals surface area contributed by atoms with Crippen LogP contribution in [0.15, 0.2) is 23.4 Å². The zero-order valence-electron chi connectivity index (χ0n) is 13.0. The van der Waals surface area contributed by atoms with Crippen LogP contribution in [0.4, 0.5) is 0 Å². The van der Waals surface area contributed by atoms with Gasteiger partial charge in [-0.3, -0.25) is 4.79 Å². The predicted octanol–water partition coefficient (Wildman–Crippen LogP) is 2.11. The molecule has 0 bridgehead atoms. The van der Waals surface area contributed by atoms with Gasteiger partial charge in [-0.25, -0.2) is 0 Å². The Morgan fingerprint density at radius 1 is 1.32 bits per heavy atom. The highest BCUT2D eigenvalue weighted by Crippen LogP contribution is 2.29. The molecule has 1 aromatic rings. The highest BCUT2D eigenvalue weighted by molar-refractivity contribution is 5.84. The molecule has 6 heteroatoms. The Kier molecular flexibility index (Phi) is 6.06. The highest BCUT2D eigenvalue weighted by atomic mass is 16.6. The van der Waals surface area contributed by atoms with Crippen LogP contribution < -0.4 is 14.8 Å². The minimum atomic E-state index is -0.137. The number of hydrogen-bond donors (Lipinski definition) is 1. The van der Waals surface area contributed by atoms with Crippen LogP contribution in [-0.4, -0.2) is 39.0 Å². The third-order valence-electron chi connectivity index (χ3n) is 3.62. The number of nitrogens with zero attached hydrogens (tertiary/aromatic N) is 1. The predicted molar refractivity (Wildman–Crippen MR) is 83.5 cm³/mol. The van der Waals surface area contributed by atoms with Gasteiger partial charge in [-0.2, -0.15) is 0 Å². The summed E-state index contributed by atoms with van der Waals surface area (Å²) in [5.74, 6) is 1.06. The second-order valence-electron chi connectivity index (χ2n) is 5.14. The summed E-state index contributed by atoms with van der Waals surface area (Å²) in [5.41, 5.74) is 0.720. The fourth-order valence-electron chi connectivity index (χ4n) is 2.54. The van der Waals surface area contributed by atoms with Crippen LogP contribution in [-0.2, 0) is 9.63 Å². The standard InChI is InChI=1S/C16H22N2O4/c1-20-14-9-5-6-12(16(14)21-2)10-17-22-11-15(19)18-13-7-3-4-8-13/h5-6,9-10,13H,3-4,7-8,11H2,1-2H3,(H,18,19)/b17-10-. The van der Waals surface area contributed by atoms with Crippen molar-refractivity contribution >= 4 is 12.1 Å². The van der Waals surface area contributed by atoms with E-state index >= 15 is 0 Å². The van der Waals surface area contributed by atoms with Crippen molar-refractivity contribution in [2.24, 2.45) is 5.16 Å². The van der Waals surface area contributed by atoms with Crippen LogP contribution in [0.2, 0.25) is 0 Å². The molecule has 120 valence electrons. The third kappa shape index (κ3) is 4.38. The molecule has 1 amide bonds. The van der Waals surface area contributed by atoms with Gasteiger partial charge in [-0.1, -0.05) is 24.1 Å². The quantitative estimate of drug-likeness (QED) is 0.619. The van der Waals surface area contributed by atoms with E-state index in [4.69, 9.17) is 14.3 Å². The van der Waals surface area contributed by atoms with Gasteiger partial charge in [0.15, 0.2) is 18.1 Å². The number of para-hydroxylation sites is 1. The molecule has 2 rings (SSSR count). The Labute approximate surface area is 130 Å². The minimum Gasteiger partial charge on any atom is -0.493 e. The summed E-state index contributed by atoms with van der Waals surface area (Å²) in [6, 6.07) is 5.74. The number of carbonyl (C=O) groups excluding carboxylic acids is 1. The summed E-state index contributed by atoms with van der Waals surface area (Å²) in [7, 11) is 3.13. The monoisotopic (exact) mass is 306 g/mol. The summed E-state index contributed by atoms with van der Waals surface area (Å²) in [4.78, 5) is 16.7. The van der Waals surface area contributed by atoms with Gasteiger partial charge in [0.2, 0.25) is 0 Å². The smallest absolute Gasteiger partial charge is 0.260 e. The molecule has 0 unspecified atom stereocenters. The molecule has 0 aliphatic heterocycles. The second-order valence-corrected chi connectivity index (χ2v) is 5.14. The molecule has 1 fully saturated rings. The zero-order chi connectivity index (χ0) is 15.8. The van der Waals surface area contributed by atoms with Crippen LogP contribution in [0, 0.1) is 0 Å². The maximum absolute atomic E-state index is 11.7. The molecule has 0 aromatic heterocycles. The maximum atomic E-state index is 11.7. The Morgan fingerprint density at radius 2 is 2.09 bits per heavy atom. The number of methoxy groups -OCH3 is 2. The third-order valence-corrected chi connectivity index (χ3v) is 3.62. The molecular formula is C16H22N2O4. The fraction of sp³-hybridized carbons (Fsp3) is 0.500. The average Bonchev–Trinajstić information content (AvgIpc) is 3.03. The van der Waals surface area contributed by atoms with E-state index < -0.39 is 0 Å². The van der Waals surface area contributed by atoms with E-state index in [-0.39, 0.29) is 12.5 Å². The van der Waals surface area contributed by atoms with E-state index in [0.29, 0.717) is 17.5 Å². The first kappa shape index (κ1) is 16.1. The number of oxime groups is 1. The van der Waals surface area contributed by atoms with Crippen molar-refractivity contribution in [2.45, 2.75) is 31.7 Å². The number of nitrogens with one attached hydrogen (secondary N) is 1. The highest BCUT2D eigenvalue weighted by Gasteiger charge is 2.17. The molecule has 6 nitrogen and oxygen atoms in total. The van der Waals surface area contributed by atoms with Crippen LogP contribution in [0.5, 0.6) is 11.5 Å². The first-order valence-electron chi connectivity index (χ1n) is 7.40. The Hall–Kier alpha value is -2.24. The molecule has 0 radical (unpaired) electrons. The van der Waals surface area contributed by atoms with Crippen molar-refractivity contribution in [2.75, 3.05) is 20.8 Å². The SMILES string of the molecule is COc1cccc(/C=N\OCC(=O)NC2CCCC2)c1OC. The Morgan fingerprint density at radius 3 is 2.77 bits per heavy atom. The van der Waals surface area contributed by atoms with Crippen molar-refractivity contribution < 1.29 is 19.1 Å². The molecule has 0 saturated heterocycles. The lowest BCUT2D eigenvalue weighted by molar-refractivity contribution is -0.126. The van der Waals surface area contributed by atoms with Crippen molar-refractivity contribution in [1.29, 1.82) is 0 Å². The number of carbonyl (C=O) groups is 1. The van der Waals surface area contributed by atoms with Gasteiger partial charge in [0.1, 0.15) is 0 Å². The summed E-state index contributed by atoms with van der Waals surface area (Å²) < 4.78 is 10.5. The van der Waals surface area contributed by atoms with Gasteiger partial charge < -0.3 is 19.6 Å². The molecule has 1 aliphatic carbocycles. The van der Waals surface area contributed by atoms with Gasteiger partial charge >= 0.3 is 0 Å². The number of benzene rings is 1. The first-order chi connectivity index (χ1) is 10.7. The average molecular weight is 306 g/mol. The largest absolute Gasteiger partial charge is 0.493 e. The fourth-order valence-corrected chi connectivity index (χ4v) is 2.54. The molecule has 1 aromatic carbocycles. The summed E-state index contributed by atoms with van der Waals surface area (Å²) in [5, 5.41) is 6.75. The topological polar surface area (TPSA) is 69.2 Å². The molecule has 0 atom stereocenters. The molecule has 0 spiro atoms. The van der Waals surface area contributed by atoms with Gasteiger partial charge in [0, 0.05) is 11.6 Å². The summed E-state index contributed by atoms with van der Waals surface area (Å²) in [6.07, 6.45) is 5.97. The van der Waals surface area contributed by atoms with E-state index in [1.165, 1.54) is 19.1 Å². The van der Waals surface area contributed by atoms with Crippen molar-refractivity contribution in [3.63, 3.8) is 0 Å². The van der Waals surface area contributed by atoms with E-state index in [2.05, 4.69) is 10.5 Å². The van der Waals surface area contributed by atoms with Gasteiger partial charge in [0.05, 0.1) is 20.4 Å². The van der Waals surface area contributed by atoms with E-state index in [1.54, 1.807) is 20.3 Å². The van der Waals surface area contributed by atoms with E-state index in [0.717, 1.165) is 18.4 Å². The molecule has 1 N–H and O–H groups in total. The second kappa shape index (κ2) is 8.26. The van der Waals surface area contributed by atoms with Crippen molar-refractivity contribution in [3.8, 4) is 11.5 Å². The van der Waals surface area contributed by atoms with Crippen LogP contribution >= 0.6 is 0 Å². The lowest BCUT2D eigenvalue weighted by Crippen LogP contribution is -2.34. The van der Waals surface area contributed by atoms with Gasteiger partial charge in [-0.05, 0) is 25.0 Å². The minimum absolute atomic E-state index is 0.0840. The summed E-state index contributed by atoms with van der Waals surface area (Å²) in [6.45, 7) is -0.0840. The van der Waals surface area contributed by atoms with E-state index in [1.807, 2.05) is 12.1 Å². The van der Waals surface area contributed by atoms with Crippen LogP contribution in [0.1, 0.15) is 31.2 Å². The Bertz CT molecular complexity index is 525. The molecule has 1 saturated carbocycles. The molecule has 1 aliphatic rings. The molecular weight excluding hydrogens is 284 g/mol. The number of hydrogen-bond acceptors (Lipinski definition) is 5. The van der Waals surface area contributed by atoms with Gasteiger partial charge in [0.25, 0.3) is 5.91 Å². The van der Waals surface area contributed by atoms with Crippen LogP contribution in [0.3, 0.4) is 0 Å². The first-order valence-corrected chi connectivity index (χ1v) is 7.40. The zero-order valence-corrected chi connectivity index (χ0v) is 13.0. The Balaban J connectivity index is 1.83. The number of ether oxygens (including phenoxy) is 2. The normalized spacial score (nSPS) is 15.0. The van der Waals surface area contributed by atoms with E-state index in [9.17, 15) is 4.79 Å². The summed E-state index contributed by atoms with van der Waals surface area (Å²) >= 11 is 0. The number of rotatable bonds is 7. The lowest BCUT2D eigenvalue weighted by atomic mass is 10.2. The molecule has 0 heterocycles. The van der Waals surface area contributed by atoms with Crippen molar-refractivity contribution in [1.82, 2.24) is 5.32 Å². The number of amides is 1. The molecule has 22 heavy (non-hydrogen) atoms. The van der Waals surface area contributed by atoms with Crippen molar-refractivity contribution in [3.05, 3.63) is 23.8 Å². The van der Waals surface area contributed by atoms with Crippen LogP contribution in [0.25, 0.3) is 0 Å². The maximum Gasteiger partial charge on any atom is 0.260 e. The van der Waals surface area contributed by atoms with Gasteiger partial charge in [-0.15, -0.1) is 0 Å².